The molecule has 0 saturated carbocycles. The van der Waals surface area contributed by atoms with Gasteiger partial charge < -0.3 is 20.1 Å². The lowest BCUT2D eigenvalue weighted by Crippen LogP contribution is -2.38. The van der Waals surface area contributed by atoms with Gasteiger partial charge in [0.1, 0.15) is 12.4 Å². The largest absolute Gasteiger partial charge is 0.491 e. The molecule has 1 fully saturated rings. The number of ether oxygens (including phenoxy) is 2. The molecule has 1 aromatic carbocycles. The number of benzene rings is 1. The van der Waals surface area contributed by atoms with Crippen LogP contribution in [0.1, 0.15) is 30.4 Å². The van der Waals surface area contributed by atoms with E-state index in [0.29, 0.717) is 19.1 Å². The van der Waals surface area contributed by atoms with Crippen LogP contribution in [0.15, 0.2) is 23.2 Å². The molecule has 0 spiro atoms. The second kappa shape index (κ2) is 9.66. The molecule has 2 N–H and O–H groups in total. The SMILES string of the molecule is CN=C(NCCC(F)(F)F)NCc1ccc(C)cc1OCC1CCCO1. The van der Waals surface area contributed by atoms with Crippen LogP contribution in [0.25, 0.3) is 0 Å². The fraction of sp³-hybridized carbons (Fsp3) is 0.611. The molecular formula is C18H26F3N3O2. The number of hydrogen-bond donors (Lipinski definition) is 2. The molecule has 26 heavy (non-hydrogen) atoms. The lowest BCUT2D eigenvalue weighted by Gasteiger charge is -2.17. The van der Waals surface area contributed by atoms with E-state index in [2.05, 4.69) is 15.6 Å². The van der Waals surface area contributed by atoms with Crippen molar-refractivity contribution in [2.75, 3.05) is 26.8 Å². The number of hydrogen-bond acceptors (Lipinski definition) is 3. The van der Waals surface area contributed by atoms with E-state index >= 15 is 0 Å². The minimum Gasteiger partial charge on any atom is -0.491 e. The first-order valence-corrected chi connectivity index (χ1v) is 8.72. The van der Waals surface area contributed by atoms with Crippen molar-refractivity contribution in [1.29, 1.82) is 0 Å². The third kappa shape index (κ3) is 7.11. The molecule has 1 aliphatic rings. The number of aryl methyl sites for hydroxylation is 1. The normalized spacial score (nSPS) is 18.0. The second-order valence-corrected chi connectivity index (χ2v) is 6.27. The molecule has 0 bridgehead atoms. The molecule has 146 valence electrons. The Kier molecular flexibility index (Phi) is 7.56. The van der Waals surface area contributed by atoms with Crippen LogP contribution in [-0.4, -0.2) is 45.0 Å². The highest BCUT2D eigenvalue weighted by Gasteiger charge is 2.26. The summed E-state index contributed by atoms with van der Waals surface area (Å²) in [6.45, 7) is 3.42. The summed E-state index contributed by atoms with van der Waals surface area (Å²) in [7, 11) is 1.52. The van der Waals surface area contributed by atoms with Gasteiger partial charge in [-0.2, -0.15) is 13.2 Å². The summed E-state index contributed by atoms with van der Waals surface area (Å²) in [5.74, 6) is 1.07. The van der Waals surface area contributed by atoms with E-state index in [1.165, 1.54) is 7.05 Å². The van der Waals surface area contributed by atoms with Crippen molar-refractivity contribution in [3.63, 3.8) is 0 Å². The predicted octanol–water partition coefficient (Wildman–Crippen LogP) is 3.17. The Hall–Kier alpha value is -1.96. The van der Waals surface area contributed by atoms with Gasteiger partial charge in [-0.15, -0.1) is 0 Å². The molecular weight excluding hydrogens is 347 g/mol. The van der Waals surface area contributed by atoms with Crippen molar-refractivity contribution in [2.24, 2.45) is 4.99 Å². The van der Waals surface area contributed by atoms with Crippen LogP contribution in [0.3, 0.4) is 0 Å². The van der Waals surface area contributed by atoms with Gasteiger partial charge in [0.05, 0.1) is 12.5 Å². The van der Waals surface area contributed by atoms with Crippen molar-refractivity contribution < 1.29 is 22.6 Å². The number of guanidine groups is 1. The molecule has 1 heterocycles. The Morgan fingerprint density at radius 2 is 2.15 bits per heavy atom. The maximum absolute atomic E-state index is 12.2. The molecule has 1 atom stereocenters. The minimum absolute atomic E-state index is 0.119. The standard InChI is InChI=1S/C18H26F3N3O2/c1-13-5-6-14(16(10-13)26-12-15-4-3-9-25-15)11-24-17(22-2)23-8-7-18(19,20)21/h5-6,10,15H,3-4,7-9,11-12H2,1-2H3,(H2,22,23,24). The van der Waals surface area contributed by atoms with Crippen LogP contribution in [0, 0.1) is 6.92 Å². The molecule has 0 radical (unpaired) electrons. The number of aliphatic imine (C=N–C) groups is 1. The first kappa shape index (κ1) is 20.4. The molecule has 8 heteroatoms. The van der Waals surface area contributed by atoms with Gasteiger partial charge in [0.25, 0.3) is 0 Å². The van der Waals surface area contributed by atoms with Crippen molar-refractivity contribution >= 4 is 5.96 Å². The summed E-state index contributed by atoms with van der Waals surface area (Å²) in [5, 5.41) is 5.68. The molecule has 2 rings (SSSR count). The fourth-order valence-electron chi connectivity index (χ4n) is 2.62. The lowest BCUT2D eigenvalue weighted by atomic mass is 10.1. The van der Waals surface area contributed by atoms with E-state index in [4.69, 9.17) is 9.47 Å². The highest BCUT2D eigenvalue weighted by atomic mass is 19.4. The predicted molar refractivity (Wildman–Crippen MR) is 94.5 cm³/mol. The molecule has 0 aliphatic carbocycles. The average Bonchev–Trinajstić information content (AvgIpc) is 3.09. The summed E-state index contributed by atoms with van der Waals surface area (Å²) < 4.78 is 48.2. The van der Waals surface area contributed by atoms with Gasteiger partial charge in [0, 0.05) is 32.3 Å². The number of alkyl halides is 3. The fourth-order valence-corrected chi connectivity index (χ4v) is 2.62. The number of nitrogens with zero attached hydrogens (tertiary/aromatic N) is 1. The zero-order valence-corrected chi connectivity index (χ0v) is 15.2. The number of halogens is 3. The van der Waals surface area contributed by atoms with E-state index < -0.39 is 12.6 Å². The molecule has 1 saturated heterocycles. The number of rotatable bonds is 7. The van der Waals surface area contributed by atoms with Crippen molar-refractivity contribution in [2.45, 2.75) is 45.0 Å². The van der Waals surface area contributed by atoms with Gasteiger partial charge >= 0.3 is 6.18 Å². The summed E-state index contributed by atoms with van der Waals surface area (Å²) in [5.41, 5.74) is 1.98. The Balaban J connectivity index is 1.88. The maximum atomic E-state index is 12.2. The van der Waals surface area contributed by atoms with Crippen molar-refractivity contribution in [3.05, 3.63) is 29.3 Å². The van der Waals surface area contributed by atoms with Gasteiger partial charge in [-0.3, -0.25) is 4.99 Å². The van der Waals surface area contributed by atoms with E-state index in [1.54, 1.807) is 0 Å². The molecule has 1 unspecified atom stereocenters. The Morgan fingerprint density at radius 1 is 1.35 bits per heavy atom. The van der Waals surface area contributed by atoms with Gasteiger partial charge in [0.2, 0.25) is 0 Å². The Morgan fingerprint density at radius 3 is 2.81 bits per heavy atom. The zero-order valence-electron chi connectivity index (χ0n) is 15.2. The molecule has 0 aromatic heterocycles. The topological polar surface area (TPSA) is 54.9 Å². The third-order valence-corrected chi connectivity index (χ3v) is 4.04. The van der Waals surface area contributed by atoms with Gasteiger partial charge in [-0.1, -0.05) is 12.1 Å². The third-order valence-electron chi connectivity index (χ3n) is 4.04. The average molecular weight is 373 g/mol. The summed E-state index contributed by atoms with van der Waals surface area (Å²) in [6, 6.07) is 5.86. The highest BCUT2D eigenvalue weighted by molar-refractivity contribution is 5.79. The monoisotopic (exact) mass is 373 g/mol. The van der Waals surface area contributed by atoms with Crippen LogP contribution in [-0.2, 0) is 11.3 Å². The van der Waals surface area contributed by atoms with E-state index in [1.807, 2.05) is 25.1 Å². The van der Waals surface area contributed by atoms with Crippen LogP contribution in [0.4, 0.5) is 13.2 Å². The van der Waals surface area contributed by atoms with Crippen molar-refractivity contribution in [3.8, 4) is 5.75 Å². The summed E-state index contributed by atoms with van der Waals surface area (Å²) in [6.07, 6.45) is -2.93. The van der Waals surface area contributed by atoms with Gasteiger partial charge in [0.15, 0.2) is 5.96 Å². The van der Waals surface area contributed by atoms with E-state index in [0.717, 1.165) is 36.3 Å². The van der Waals surface area contributed by atoms with Crippen molar-refractivity contribution in [1.82, 2.24) is 10.6 Å². The van der Waals surface area contributed by atoms with Gasteiger partial charge in [-0.05, 0) is 31.4 Å². The summed E-state index contributed by atoms with van der Waals surface area (Å²) >= 11 is 0. The highest BCUT2D eigenvalue weighted by Crippen LogP contribution is 2.22. The van der Waals surface area contributed by atoms with Crippen LogP contribution in [0.2, 0.25) is 0 Å². The smallest absolute Gasteiger partial charge is 0.390 e. The Labute approximate surface area is 152 Å². The van der Waals surface area contributed by atoms with Crippen LogP contribution in [0.5, 0.6) is 5.75 Å². The molecule has 5 nitrogen and oxygen atoms in total. The van der Waals surface area contributed by atoms with Crippen LogP contribution < -0.4 is 15.4 Å². The first-order valence-electron chi connectivity index (χ1n) is 8.72. The van der Waals surface area contributed by atoms with E-state index in [-0.39, 0.29) is 12.6 Å². The zero-order chi connectivity index (χ0) is 19.0. The Bertz CT molecular complexity index is 600. The minimum atomic E-state index is -4.19. The second-order valence-electron chi connectivity index (χ2n) is 6.27. The van der Waals surface area contributed by atoms with Gasteiger partial charge in [-0.25, -0.2) is 0 Å². The maximum Gasteiger partial charge on any atom is 0.390 e. The van der Waals surface area contributed by atoms with E-state index in [9.17, 15) is 13.2 Å². The molecule has 1 aromatic rings. The number of nitrogens with one attached hydrogen (secondary N) is 2. The molecule has 0 amide bonds. The summed E-state index contributed by atoms with van der Waals surface area (Å²) in [4.78, 5) is 3.95. The van der Waals surface area contributed by atoms with Crippen LogP contribution >= 0.6 is 0 Å². The lowest BCUT2D eigenvalue weighted by molar-refractivity contribution is -0.132. The molecule has 1 aliphatic heterocycles. The quantitative estimate of drug-likeness (QED) is 0.569. The first-order chi connectivity index (χ1) is 12.4.